The van der Waals surface area contributed by atoms with Gasteiger partial charge in [-0.05, 0) is 38.1 Å². The number of benzene rings is 2. The third-order valence-electron chi connectivity index (χ3n) is 3.43. The van der Waals surface area contributed by atoms with Crippen LogP contribution in [0.4, 0.5) is 0 Å². The largest absolute Gasteiger partial charge is 0.492 e. The molecule has 0 atom stereocenters. The Labute approximate surface area is 129 Å². The first-order valence-electron chi connectivity index (χ1n) is 7.00. The first kappa shape index (κ1) is 14.0. The zero-order chi connectivity index (χ0) is 14.8. The molecule has 0 N–H and O–H groups in total. The summed E-state index contributed by atoms with van der Waals surface area (Å²) in [6.45, 7) is 4.66. The molecule has 0 saturated heterocycles. The summed E-state index contributed by atoms with van der Waals surface area (Å²) in [5.41, 5.74) is 4.16. The number of rotatable bonds is 4. The summed E-state index contributed by atoms with van der Waals surface area (Å²) in [4.78, 5) is 4.65. The second-order valence-corrected chi connectivity index (χ2v) is 5.16. The van der Waals surface area contributed by atoms with E-state index < -0.39 is 0 Å². The molecule has 2 aromatic carbocycles. The molecule has 0 aliphatic rings. The van der Waals surface area contributed by atoms with Crippen molar-refractivity contribution in [1.29, 1.82) is 0 Å². The lowest BCUT2D eigenvalue weighted by atomic mass is 10.2. The minimum absolute atomic E-state index is 0.355. The van der Waals surface area contributed by atoms with Gasteiger partial charge in [0.2, 0.25) is 0 Å². The molecule has 3 rings (SSSR count). The maximum absolute atomic E-state index is 6.09. The van der Waals surface area contributed by atoms with E-state index in [1.54, 1.807) is 0 Å². The van der Waals surface area contributed by atoms with Crippen molar-refractivity contribution in [2.24, 2.45) is 0 Å². The highest BCUT2D eigenvalue weighted by atomic mass is 35.5. The topological polar surface area (TPSA) is 27.1 Å². The highest BCUT2D eigenvalue weighted by molar-refractivity contribution is 6.17. The normalized spacial score (nSPS) is 11.0. The Balaban J connectivity index is 2.25. The summed E-state index contributed by atoms with van der Waals surface area (Å²) < 4.78 is 7.76. The van der Waals surface area contributed by atoms with Crippen LogP contribution < -0.4 is 4.74 Å². The predicted molar refractivity (Wildman–Crippen MR) is 86.5 cm³/mol. The van der Waals surface area contributed by atoms with Crippen molar-refractivity contribution in [3.63, 3.8) is 0 Å². The standard InChI is InChI=1S/C17H17ClN2O/c1-3-21-15-6-4-5-14-17(15)19-16(11-18)20(14)13-9-7-12(2)8-10-13/h4-10H,3,11H2,1-2H3. The van der Waals surface area contributed by atoms with E-state index in [-0.39, 0.29) is 0 Å². The molecule has 3 nitrogen and oxygen atoms in total. The summed E-state index contributed by atoms with van der Waals surface area (Å²) in [6, 6.07) is 14.3. The van der Waals surface area contributed by atoms with Crippen LogP contribution in [0.25, 0.3) is 16.7 Å². The molecule has 0 amide bonds. The molecule has 3 aromatic rings. The van der Waals surface area contributed by atoms with E-state index in [2.05, 4.69) is 40.7 Å². The summed E-state index contributed by atoms with van der Waals surface area (Å²) in [6.07, 6.45) is 0. The van der Waals surface area contributed by atoms with Gasteiger partial charge in [0.25, 0.3) is 0 Å². The molecule has 1 heterocycles. The lowest BCUT2D eigenvalue weighted by Gasteiger charge is -2.08. The van der Waals surface area contributed by atoms with Gasteiger partial charge in [-0.1, -0.05) is 23.8 Å². The van der Waals surface area contributed by atoms with Crippen LogP contribution in [0.15, 0.2) is 42.5 Å². The van der Waals surface area contributed by atoms with E-state index in [1.807, 2.05) is 25.1 Å². The maximum Gasteiger partial charge on any atom is 0.147 e. The predicted octanol–water partition coefficient (Wildman–Crippen LogP) is 4.47. The third-order valence-corrected chi connectivity index (χ3v) is 3.67. The maximum atomic E-state index is 6.09. The van der Waals surface area contributed by atoms with Gasteiger partial charge in [0, 0.05) is 5.69 Å². The fourth-order valence-corrected chi connectivity index (χ4v) is 2.64. The molecule has 0 bridgehead atoms. The molecule has 1 aromatic heterocycles. The molecule has 0 fully saturated rings. The summed E-state index contributed by atoms with van der Waals surface area (Å²) in [7, 11) is 0. The lowest BCUT2D eigenvalue weighted by Crippen LogP contribution is -1.99. The Kier molecular flexibility index (Phi) is 3.84. The molecule has 0 unspecified atom stereocenters. The van der Waals surface area contributed by atoms with Gasteiger partial charge < -0.3 is 4.74 Å². The Morgan fingerprint density at radius 1 is 1.14 bits per heavy atom. The van der Waals surface area contributed by atoms with E-state index in [0.29, 0.717) is 12.5 Å². The Bertz CT molecular complexity index is 762. The lowest BCUT2D eigenvalue weighted by molar-refractivity contribution is 0.343. The molecule has 0 spiro atoms. The van der Waals surface area contributed by atoms with Crippen LogP contribution in [-0.4, -0.2) is 16.2 Å². The summed E-state index contributed by atoms with van der Waals surface area (Å²) in [5.74, 6) is 1.98. The molecule has 0 radical (unpaired) electrons. The van der Waals surface area contributed by atoms with Gasteiger partial charge in [-0.2, -0.15) is 0 Å². The van der Waals surface area contributed by atoms with Crippen LogP contribution in [0.5, 0.6) is 5.75 Å². The van der Waals surface area contributed by atoms with Crippen molar-refractivity contribution in [3.05, 3.63) is 53.9 Å². The number of aryl methyl sites for hydroxylation is 1. The number of hydrogen-bond donors (Lipinski definition) is 0. The third kappa shape index (κ3) is 2.49. The van der Waals surface area contributed by atoms with Gasteiger partial charge in [-0.25, -0.2) is 4.98 Å². The van der Waals surface area contributed by atoms with Gasteiger partial charge in [0.05, 0.1) is 18.0 Å². The molecule has 0 saturated carbocycles. The molecular formula is C17H17ClN2O. The van der Waals surface area contributed by atoms with Crippen molar-refractivity contribution in [2.45, 2.75) is 19.7 Å². The first-order valence-corrected chi connectivity index (χ1v) is 7.54. The smallest absolute Gasteiger partial charge is 0.147 e. The molecule has 0 aliphatic heterocycles. The molecular weight excluding hydrogens is 284 g/mol. The van der Waals surface area contributed by atoms with Crippen LogP contribution in [0.3, 0.4) is 0 Å². The fraction of sp³-hybridized carbons (Fsp3) is 0.235. The number of imidazole rings is 1. The van der Waals surface area contributed by atoms with Gasteiger partial charge in [0.15, 0.2) is 0 Å². The number of aromatic nitrogens is 2. The highest BCUT2D eigenvalue weighted by Gasteiger charge is 2.14. The second kappa shape index (κ2) is 5.78. The number of para-hydroxylation sites is 1. The van der Waals surface area contributed by atoms with Crippen molar-refractivity contribution >= 4 is 22.6 Å². The van der Waals surface area contributed by atoms with Crippen LogP contribution in [-0.2, 0) is 5.88 Å². The minimum Gasteiger partial charge on any atom is -0.492 e. The average Bonchev–Trinajstić information content (AvgIpc) is 2.88. The van der Waals surface area contributed by atoms with E-state index in [0.717, 1.165) is 28.3 Å². The quantitative estimate of drug-likeness (QED) is 0.665. The van der Waals surface area contributed by atoms with Crippen LogP contribution >= 0.6 is 11.6 Å². The number of nitrogens with zero attached hydrogens (tertiary/aromatic N) is 2. The zero-order valence-electron chi connectivity index (χ0n) is 12.1. The van der Waals surface area contributed by atoms with Crippen LogP contribution in [0, 0.1) is 6.92 Å². The van der Waals surface area contributed by atoms with Crippen LogP contribution in [0.2, 0.25) is 0 Å². The Morgan fingerprint density at radius 3 is 2.57 bits per heavy atom. The first-order chi connectivity index (χ1) is 10.2. The molecule has 108 valence electrons. The van der Waals surface area contributed by atoms with E-state index in [9.17, 15) is 0 Å². The van der Waals surface area contributed by atoms with Gasteiger partial charge in [0.1, 0.15) is 17.1 Å². The molecule has 4 heteroatoms. The fourth-order valence-electron chi connectivity index (χ4n) is 2.47. The number of hydrogen-bond acceptors (Lipinski definition) is 2. The highest BCUT2D eigenvalue weighted by Crippen LogP contribution is 2.29. The van der Waals surface area contributed by atoms with Gasteiger partial charge in [-0.15, -0.1) is 11.6 Å². The molecule has 0 aliphatic carbocycles. The zero-order valence-corrected chi connectivity index (χ0v) is 12.9. The number of fused-ring (bicyclic) bond motifs is 1. The van der Waals surface area contributed by atoms with Gasteiger partial charge in [-0.3, -0.25) is 4.57 Å². The van der Waals surface area contributed by atoms with Crippen molar-refractivity contribution in [3.8, 4) is 11.4 Å². The number of halogens is 1. The van der Waals surface area contributed by atoms with Crippen molar-refractivity contribution < 1.29 is 4.74 Å². The second-order valence-electron chi connectivity index (χ2n) is 4.89. The summed E-state index contributed by atoms with van der Waals surface area (Å²) >= 11 is 6.09. The van der Waals surface area contributed by atoms with Crippen LogP contribution in [0.1, 0.15) is 18.3 Å². The Hall–Kier alpha value is -2.00. The van der Waals surface area contributed by atoms with E-state index >= 15 is 0 Å². The Morgan fingerprint density at radius 2 is 1.90 bits per heavy atom. The summed E-state index contributed by atoms with van der Waals surface area (Å²) in [5, 5.41) is 0. The van der Waals surface area contributed by atoms with E-state index in [4.69, 9.17) is 16.3 Å². The average molecular weight is 301 g/mol. The number of ether oxygens (including phenoxy) is 1. The van der Waals surface area contributed by atoms with Crippen molar-refractivity contribution in [1.82, 2.24) is 9.55 Å². The monoisotopic (exact) mass is 300 g/mol. The SMILES string of the molecule is CCOc1cccc2c1nc(CCl)n2-c1ccc(C)cc1. The van der Waals surface area contributed by atoms with Gasteiger partial charge >= 0.3 is 0 Å². The van der Waals surface area contributed by atoms with Crippen molar-refractivity contribution in [2.75, 3.05) is 6.61 Å². The molecule has 21 heavy (non-hydrogen) atoms. The minimum atomic E-state index is 0.355. The number of alkyl halides is 1. The van der Waals surface area contributed by atoms with E-state index in [1.165, 1.54) is 5.56 Å².